The minimum atomic E-state index is -1.01. The average molecular weight is 525 g/mol. The van der Waals surface area contributed by atoms with E-state index in [4.69, 9.17) is 11.6 Å². The molecule has 2 atom stereocenters. The second-order valence-electron chi connectivity index (χ2n) is 9.40. The summed E-state index contributed by atoms with van der Waals surface area (Å²) in [6.07, 6.45) is 2.49. The van der Waals surface area contributed by atoms with Crippen molar-refractivity contribution in [1.29, 1.82) is 10.5 Å². The summed E-state index contributed by atoms with van der Waals surface area (Å²) in [5.41, 5.74) is 2.21. The number of halogens is 2. The number of aliphatic hydroxyl groups excluding tert-OH is 1. The van der Waals surface area contributed by atoms with Crippen molar-refractivity contribution in [1.82, 2.24) is 24.5 Å². The van der Waals surface area contributed by atoms with E-state index in [-0.39, 0.29) is 18.5 Å². The molecule has 1 unspecified atom stereocenters. The van der Waals surface area contributed by atoms with Gasteiger partial charge in [-0.1, -0.05) is 11.6 Å². The van der Waals surface area contributed by atoms with Crippen molar-refractivity contribution in [3.05, 3.63) is 34.5 Å². The van der Waals surface area contributed by atoms with Crippen LogP contribution in [0.2, 0.25) is 5.02 Å². The Morgan fingerprint density at radius 3 is 2.73 bits per heavy atom. The highest BCUT2D eigenvalue weighted by molar-refractivity contribution is 6.36. The molecule has 3 aromatic rings. The van der Waals surface area contributed by atoms with E-state index in [1.165, 1.54) is 10.7 Å². The summed E-state index contributed by atoms with van der Waals surface area (Å²) < 4.78 is 14.3. The van der Waals surface area contributed by atoms with Crippen LogP contribution in [0.5, 0.6) is 0 Å². The van der Waals surface area contributed by atoms with Gasteiger partial charge in [0.25, 0.3) is 0 Å². The van der Waals surface area contributed by atoms with E-state index in [0.717, 1.165) is 12.8 Å². The molecule has 1 saturated heterocycles. The number of aliphatic hydroxyl groups is 1. The van der Waals surface area contributed by atoms with E-state index in [1.807, 2.05) is 11.8 Å². The Bertz CT molecular complexity index is 1390. The summed E-state index contributed by atoms with van der Waals surface area (Å²) in [6, 6.07) is 7.96. The Morgan fingerprint density at radius 1 is 1.24 bits per heavy atom. The lowest BCUT2D eigenvalue weighted by Crippen LogP contribution is -2.53. The van der Waals surface area contributed by atoms with Gasteiger partial charge >= 0.3 is 0 Å². The maximum atomic E-state index is 12.8. The third-order valence-electron chi connectivity index (χ3n) is 6.50. The molecule has 0 amide bonds. The van der Waals surface area contributed by atoms with Crippen LogP contribution in [0.15, 0.2) is 18.3 Å². The second-order valence-corrected chi connectivity index (χ2v) is 9.78. The fourth-order valence-corrected chi connectivity index (χ4v) is 4.78. The van der Waals surface area contributed by atoms with Crippen molar-refractivity contribution in [3.63, 3.8) is 0 Å². The van der Waals surface area contributed by atoms with Crippen LogP contribution in [0, 0.1) is 22.7 Å². The van der Waals surface area contributed by atoms with Gasteiger partial charge in [-0.15, -0.1) is 0 Å². The van der Waals surface area contributed by atoms with Crippen LogP contribution in [0.4, 0.5) is 27.7 Å². The zero-order valence-electron chi connectivity index (χ0n) is 20.2. The van der Waals surface area contributed by atoms with Crippen LogP contribution in [0.1, 0.15) is 30.9 Å². The normalized spacial score (nSPS) is 18.9. The molecule has 1 aliphatic heterocycles. The first-order valence-corrected chi connectivity index (χ1v) is 12.4. The number of alkyl halides is 1. The molecule has 1 aliphatic carbocycles. The highest BCUT2D eigenvalue weighted by Gasteiger charge is 2.28. The largest absolute Gasteiger partial charge is 0.389 e. The van der Waals surface area contributed by atoms with Crippen molar-refractivity contribution in [2.75, 3.05) is 48.4 Å². The Kier molecular flexibility index (Phi) is 6.98. The standard InChI is InChI=1S/C24H26ClFN10O/c1-14-12-34(13-18(37)8-26)4-5-35(14)20-7-15(9-27)6-19(21(20)25)31-23-32-22-16(10-28)11-29-36(22)24(33-23)30-17-2-3-17/h6-7,11,14,17-18,37H,2-5,8,12-13H2,1H3,(H2,30,31,32,33)/t14-,18?/m0/s1. The van der Waals surface area contributed by atoms with Gasteiger partial charge in [-0.3, -0.25) is 4.90 Å². The Morgan fingerprint density at radius 2 is 2.05 bits per heavy atom. The van der Waals surface area contributed by atoms with Crippen molar-refractivity contribution in [3.8, 4) is 12.1 Å². The van der Waals surface area contributed by atoms with Crippen LogP contribution in [0.3, 0.4) is 0 Å². The highest BCUT2D eigenvalue weighted by Crippen LogP contribution is 2.37. The highest BCUT2D eigenvalue weighted by atomic mass is 35.5. The molecule has 2 aliphatic rings. The molecule has 0 spiro atoms. The number of anilines is 4. The fourth-order valence-electron chi connectivity index (χ4n) is 4.51. The number of rotatable bonds is 8. The summed E-state index contributed by atoms with van der Waals surface area (Å²) in [5.74, 6) is 0.679. The molecule has 11 nitrogen and oxygen atoms in total. The van der Waals surface area contributed by atoms with Crippen LogP contribution in [-0.4, -0.2) is 80.6 Å². The number of β-amino-alcohol motifs (C(OH)–C–C–N with tert-alkyl or cyclic N) is 1. The zero-order chi connectivity index (χ0) is 26.1. The van der Waals surface area contributed by atoms with Crippen LogP contribution < -0.4 is 15.5 Å². The van der Waals surface area contributed by atoms with E-state index in [9.17, 15) is 20.0 Å². The van der Waals surface area contributed by atoms with Crippen molar-refractivity contribution in [2.45, 2.75) is 38.0 Å². The number of benzene rings is 1. The molecular weight excluding hydrogens is 499 g/mol. The number of fused-ring (bicyclic) bond motifs is 1. The van der Waals surface area contributed by atoms with Gasteiger partial charge in [-0.05, 0) is 31.9 Å². The SMILES string of the molecule is C[C@H]1CN(CC(O)CF)CCN1c1cc(C#N)cc(Nc2nc(NC3CC3)n3ncc(C#N)c3n2)c1Cl. The van der Waals surface area contributed by atoms with Gasteiger partial charge in [-0.25, -0.2) is 4.39 Å². The molecule has 0 bridgehead atoms. The fraction of sp³-hybridized carbons (Fsp3) is 0.458. The monoisotopic (exact) mass is 524 g/mol. The van der Waals surface area contributed by atoms with Gasteiger partial charge in [0.2, 0.25) is 11.9 Å². The quantitative estimate of drug-likeness (QED) is 0.402. The van der Waals surface area contributed by atoms with Crippen LogP contribution in [-0.2, 0) is 0 Å². The molecule has 3 heterocycles. The summed E-state index contributed by atoms with van der Waals surface area (Å²) in [7, 11) is 0. The number of hydrogen-bond acceptors (Lipinski definition) is 10. The number of hydrogen-bond donors (Lipinski definition) is 3. The Hall–Kier alpha value is -3.71. The van der Waals surface area contributed by atoms with E-state index < -0.39 is 12.8 Å². The predicted octanol–water partition coefficient (Wildman–Crippen LogP) is 2.68. The molecule has 2 aromatic heterocycles. The summed E-state index contributed by atoms with van der Waals surface area (Å²) in [5, 5.41) is 40.0. The van der Waals surface area contributed by atoms with Crippen molar-refractivity contribution >= 4 is 40.5 Å². The lowest BCUT2D eigenvalue weighted by Gasteiger charge is -2.42. The minimum Gasteiger partial charge on any atom is -0.389 e. The molecule has 192 valence electrons. The van der Waals surface area contributed by atoms with Gasteiger partial charge < -0.3 is 20.6 Å². The molecule has 0 radical (unpaired) electrons. The van der Waals surface area contributed by atoms with Crippen molar-refractivity contribution < 1.29 is 9.50 Å². The van der Waals surface area contributed by atoms with Gasteiger partial charge in [0.05, 0.1) is 40.3 Å². The predicted molar refractivity (Wildman–Crippen MR) is 137 cm³/mol. The second kappa shape index (κ2) is 10.3. The van der Waals surface area contributed by atoms with E-state index in [1.54, 1.807) is 12.1 Å². The lowest BCUT2D eigenvalue weighted by atomic mass is 10.1. The molecule has 5 rings (SSSR count). The first kappa shape index (κ1) is 25.0. The summed E-state index contributed by atoms with van der Waals surface area (Å²) >= 11 is 6.86. The summed E-state index contributed by atoms with van der Waals surface area (Å²) in [4.78, 5) is 13.2. The molecule has 37 heavy (non-hydrogen) atoms. The van der Waals surface area contributed by atoms with Crippen LogP contribution in [0.25, 0.3) is 5.65 Å². The Labute approximate surface area is 218 Å². The molecule has 3 N–H and O–H groups in total. The number of nitrogens with zero attached hydrogens (tertiary/aromatic N) is 8. The third kappa shape index (κ3) is 5.23. The van der Waals surface area contributed by atoms with E-state index >= 15 is 0 Å². The van der Waals surface area contributed by atoms with E-state index in [2.05, 4.69) is 42.7 Å². The number of nitrogens with one attached hydrogen (secondary N) is 2. The number of piperazine rings is 1. The molecule has 2 fully saturated rings. The van der Waals surface area contributed by atoms with Crippen molar-refractivity contribution in [2.24, 2.45) is 0 Å². The maximum absolute atomic E-state index is 12.8. The topological polar surface area (TPSA) is 141 Å². The van der Waals surface area contributed by atoms with Gasteiger partial charge in [0.1, 0.15) is 18.3 Å². The molecule has 1 aromatic carbocycles. The molecular formula is C24H26ClFN10O. The lowest BCUT2D eigenvalue weighted by molar-refractivity contribution is 0.0817. The number of aromatic nitrogens is 4. The first-order valence-electron chi connectivity index (χ1n) is 12.1. The van der Waals surface area contributed by atoms with E-state index in [0.29, 0.717) is 64.8 Å². The minimum absolute atomic E-state index is 0.00628. The average Bonchev–Trinajstić information content (AvgIpc) is 3.61. The number of nitriles is 2. The third-order valence-corrected chi connectivity index (χ3v) is 6.89. The van der Waals surface area contributed by atoms with Gasteiger partial charge in [-0.2, -0.15) is 30.1 Å². The Balaban J connectivity index is 1.46. The molecule has 1 saturated carbocycles. The summed E-state index contributed by atoms with van der Waals surface area (Å²) in [6.45, 7) is 3.33. The maximum Gasteiger partial charge on any atom is 0.232 e. The zero-order valence-corrected chi connectivity index (χ0v) is 21.0. The first-order chi connectivity index (χ1) is 17.9. The molecule has 13 heteroatoms. The van der Waals surface area contributed by atoms with Gasteiger partial charge in [0, 0.05) is 38.3 Å². The van der Waals surface area contributed by atoms with Gasteiger partial charge in [0.15, 0.2) is 5.65 Å². The smallest absolute Gasteiger partial charge is 0.232 e. The van der Waals surface area contributed by atoms with Crippen LogP contribution >= 0.6 is 11.6 Å².